The second-order valence-electron chi connectivity index (χ2n) is 3.95. The van der Waals surface area contributed by atoms with Crippen LogP contribution in [-0.2, 0) is 0 Å². The van der Waals surface area contributed by atoms with E-state index in [4.69, 9.17) is 5.73 Å². The maximum absolute atomic E-state index is 12.9. The molecule has 3 nitrogen and oxygen atoms in total. The predicted molar refractivity (Wildman–Crippen MR) is 54.9 cm³/mol. The lowest BCUT2D eigenvalue weighted by Crippen LogP contribution is -2.42. The van der Waals surface area contributed by atoms with Crippen LogP contribution in [0.3, 0.4) is 0 Å². The highest BCUT2D eigenvalue weighted by Crippen LogP contribution is 2.34. The van der Waals surface area contributed by atoms with Crippen molar-refractivity contribution < 1.29 is 9.18 Å². The van der Waals surface area contributed by atoms with Gasteiger partial charge < -0.3 is 11.1 Å². The number of carbonyl (C=O) groups excluding carboxylic acids is 1. The van der Waals surface area contributed by atoms with E-state index in [0.29, 0.717) is 12.1 Å². The topological polar surface area (TPSA) is 55.1 Å². The Morgan fingerprint density at radius 2 is 2.27 bits per heavy atom. The quantitative estimate of drug-likeness (QED) is 0.780. The average Bonchev–Trinajstić information content (AvgIpc) is 2.98. The minimum absolute atomic E-state index is 0.233. The lowest BCUT2D eigenvalue weighted by molar-refractivity contribution is 0.0932. The van der Waals surface area contributed by atoms with Gasteiger partial charge >= 0.3 is 0 Å². The van der Waals surface area contributed by atoms with Gasteiger partial charge in [-0.1, -0.05) is 6.07 Å². The molecule has 0 spiro atoms. The first-order valence-corrected chi connectivity index (χ1v) is 4.93. The zero-order valence-corrected chi connectivity index (χ0v) is 8.29. The number of amides is 1. The fourth-order valence-electron chi connectivity index (χ4n) is 1.47. The molecule has 1 fully saturated rings. The van der Waals surface area contributed by atoms with Crippen molar-refractivity contribution in [3.05, 3.63) is 35.6 Å². The van der Waals surface area contributed by atoms with Crippen LogP contribution in [0.5, 0.6) is 0 Å². The Morgan fingerprint density at radius 1 is 1.53 bits per heavy atom. The molecule has 0 bridgehead atoms. The molecule has 0 heterocycles. The molecule has 0 unspecified atom stereocenters. The fourth-order valence-corrected chi connectivity index (χ4v) is 1.47. The maximum atomic E-state index is 12.9. The Morgan fingerprint density at radius 3 is 2.80 bits per heavy atom. The summed E-state index contributed by atoms with van der Waals surface area (Å²) in [6, 6.07) is 5.64. The lowest BCUT2D eigenvalue weighted by Gasteiger charge is -2.14. The first-order valence-electron chi connectivity index (χ1n) is 4.93. The molecule has 80 valence electrons. The summed E-state index contributed by atoms with van der Waals surface area (Å²) in [6.07, 6.45) is 1.81. The zero-order chi connectivity index (χ0) is 10.9. The second kappa shape index (κ2) is 3.62. The summed E-state index contributed by atoms with van der Waals surface area (Å²) in [6.45, 7) is 0.439. The van der Waals surface area contributed by atoms with Crippen molar-refractivity contribution in [2.75, 3.05) is 6.54 Å². The molecule has 2 rings (SSSR count). The van der Waals surface area contributed by atoms with Crippen LogP contribution in [0.15, 0.2) is 24.3 Å². The van der Waals surface area contributed by atoms with E-state index in [0.717, 1.165) is 12.8 Å². The minimum atomic E-state index is -0.403. The van der Waals surface area contributed by atoms with E-state index in [-0.39, 0.29) is 11.4 Å². The molecule has 0 atom stereocenters. The number of halogens is 1. The van der Waals surface area contributed by atoms with E-state index in [1.165, 1.54) is 18.2 Å². The van der Waals surface area contributed by atoms with Crippen molar-refractivity contribution in [3.63, 3.8) is 0 Å². The van der Waals surface area contributed by atoms with Gasteiger partial charge in [0.25, 0.3) is 5.91 Å². The molecule has 0 aliphatic heterocycles. The van der Waals surface area contributed by atoms with Gasteiger partial charge in [-0.2, -0.15) is 0 Å². The van der Waals surface area contributed by atoms with E-state index in [2.05, 4.69) is 5.32 Å². The third kappa shape index (κ3) is 2.15. The Balaban J connectivity index is 2.08. The Hall–Kier alpha value is -1.42. The summed E-state index contributed by atoms with van der Waals surface area (Å²) in [7, 11) is 0. The number of benzene rings is 1. The molecule has 1 aromatic carbocycles. The maximum Gasteiger partial charge on any atom is 0.251 e. The number of carbonyl (C=O) groups is 1. The number of nitrogens with two attached hydrogens (primary N) is 1. The van der Waals surface area contributed by atoms with Crippen molar-refractivity contribution in [3.8, 4) is 0 Å². The molecule has 0 aromatic heterocycles. The van der Waals surface area contributed by atoms with E-state index in [1.807, 2.05) is 0 Å². The van der Waals surface area contributed by atoms with Gasteiger partial charge in [-0.15, -0.1) is 0 Å². The molecular formula is C11H13FN2O. The molecule has 1 aliphatic carbocycles. The molecule has 3 N–H and O–H groups in total. The van der Waals surface area contributed by atoms with Crippen LogP contribution in [0, 0.1) is 5.82 Å². The van der Waals surface area contributed by atoms with Gasteiger partial charge in [-0.25, -0.2) is 4.39 Å². The SMILES string of the molecule is NCC1(NC(=O)c2cccc(F)c2)CC1. The van der Waals surface area contributed by atoms with E-state index < -0.39 is 5.82 Å². The second-order valence-corrected chi connectivity index (χ2v) is 3.95. The van der Waals surface area contributed by atoms with E-state index >= 15 is 0 Å². The Bertz CT molecular complexity index is 388. The van der Waals surface area contributed by atoms with E-state index in [1.54, 1.807) is 6.07 Å². The van der Waals surface area contributed by atoms with Gasteiger partial charge in [0, 0.05) is 12.1 Å². The lowest BCUT2D eigenvalue weighted by atomic mass is 10.2. The highest BCUT2D eigenvalue weighted by Gasteiger charge is 2.42. The molecule has 0 radical (unpaired) electrons. The molecule has 1 aromatic rings. The van der Waals surface area contributed by atoms with Gasteiger partial charge in [0.05, 0.1) is 5.54 Å². The fraction of sp³-hybridized carbons (Fsp3) is 0.364. The van der Waals surface area contributed by atoms with Crippen molar-refractivity contribution in [2.24, 2.45) is 5.73 Å². The van der Waals surface area contributed by atoms with Crippen molar-refractivity contribution in [1.82, 2.24) is 5.32 Å². The van der Waals surface area contributed by atoms with Crippen LogP contribution in [0.4, 0.5) is 4.39 Å². The van der Waals surface area contributed by atoms with Gasteiger partial charge in [-0.3, -0.25) is 4.79 Å². The van der Waals surface area contributed by atoms with Crippen molar-refractivity contribution >= 4 is 5.91 Å². The highest BCUT2D eigenvalue weighted by atomic mass is 19.1. The normalized spacial score (nSPS) is 17.2. The summed E-state index contributed by atoms with van der Waals surface area (Å²) in [4.78, 5) is 11.7. The van der Waals surface area contributed by atoms with Crippen LogP contribution in [-0.4, -0.2) is 18.0 Å². The number of nitrogens with one attached hydrogen (secondary N) is 1. The molecule has 0 saturated heterocycles. The Labute approximate surface area is 87.5 Å². The number of hydrogen-bond acceptors (Lipinski definition) is 2. The van der Waals surface area contributed by atoms with Crippen LogP contribution in [0.25, 0.3) is 0 Å². The summed E-state index contributed by atoms with van der Waals surface area (Å²) < 4.78 is 12.9. The summed E-state index contributed by atoms with van der Waals surface area (Å²) in [5.41, 5.74) is 5.65. The number of hydrogen-bond donors (Lipinski definition) is 2. The standard InChI is InChI=1S/C11H13FN2O/c12-9-3-1-2-8(6-9)10(15)14-11(7-13)4-5-11/h1-3,6H,4-5,7,13H2,(H,14,15). The third-order valence-corrected chi connectivity index (χ3v) is 2.71. The summed E-state index contributed by atoms with van der Waals surface area (Å²) in [5, 5.41) is 2.83. The Kier molecular flexibility index (Phi) is 2.44. The van der Waals surface area contributed by atoms with Gasteiger partial charge in [0.15, 0.2) is 0 Å². The predicted octanol–water partition coefficient (Wildman–Crippen LogP) is 1.05. The molecule has 1 saturated carbocycles. The van der Waals surface area contributed by atoms with Gasteiger partial charge in [0.1, 0.15) is 5.82 Å². The van der Waals surface area contributed by atoms with Crippen molar-refractivity contribution in [1.29, 1.82) is 0 Å². The van der Waals surface area contributed by atoms with Crippen molar-refractivity contribution in [2.45, 2.75) is 18.4 Å². The molecule has 1 amide bonds. The molecular weight excluding hydrogens is 195 g/mol. The smallest absolute Gasteiger partial charge is 0.251 e. The van der Waals surface area contributed by atoms with E-state index in [9.17, 15) is 9.18 Å². The van der Waals surface area contributed by atoms with Crippen LogP contribution in [0.2, 0.25) is 0 Å². The minimum Gasteiger partial charge on any atom is -0.345 e. The average molecular weight is 208 g/mol. The monoisotopic (exact) mass is 208 g/mol. The first-order chi connectivity index (χ1) is 7.15. The highest BCUT2D eigenvalue weighted by molar-refractivity contribution is 5.94. The zero-order valence-electron chi connectivity index (χ0n) is 8.29. The molecule has 4 heteroatoms. The molecule has 15 heavy (non-hydrogen) atoms. The van der Waals surface area contributed by atoms with Crippen LogP contribution >= 0.6 is 0 Å². The van der Waals surface area contributed by atoms with Gasteiger partial charge in [0.2, 0.25) is 0 Å². The first kappa shape index (κ1) is 10.1. The largest absolute Gasteiger partial charge is 0.345 e. The number of rotatable bonds is 3. The van der Waals surface area contributed by atoms with Crippen LogP contribution < -0.4 is 11.1 Å². The van der Waals surface area contributed by atoms with Crippen LogP contribution in [0.1, 0.15) is 23.2 Å². The van der Waals surface area contributed by atoms with Gasteiger partial charge in [-0.05, 0) is 31.0 Å². The molecule has 1 aliphatic rings. The summed E-state index contributed by atoms with van der Waals surface area (Å²) in [5.74, 6) is -0.655. The summed E-state index contributed by atoms with van der Waals surface area (Å²) >= 11 is 0. The third-order valence-electron chi connectivity index (χ3n) is 2.71.